The van der Waals surface area contributed by atoms with Gasteiger partial charge in [0.25, 0.3) is 0 Å². The molecule has 0 aliphatic carbocycles. The number of hydrogen-bond donors (Lipinski definition) is 1. The van der Waals surface area contributed by atoms with Gasteiger partial charge in [0, 0.05) is 65.5 Å². The molecule has 0 atom stereocenters. The summed E-state index contributed by atoms with van der Waals surface area (Å²) in [6.45, 7) is 14.3. The van der Waals surface area contributed by atoms with E-state index >= 15 is 0 Å². The zero-order valence-electron chi connectivity index (χ0n) is 30.2. The van der Waals surface area contributed by atoms with Crippen molar-refractivity contribution in [1.82, 2.24) is 0 Å². The van der Waals surface area contributed by atoms with Crippen molar-refractivity contribution in [2.45, 2.75) is 83.1 Å². The highest BCUT2D eigenvalue weighted by atomic mass is 32.2. The number of fused-ring (bicyclic) bond motifs is 3. The highest BCUT2D eigenvalue weighted by Crippen LogP contribution is 2.47. The SMILES string of the molecule is CCN1c2cc3c(cc2C(C)=CC1(C)C)/C(=C/C=C/C1=[N+](CCCCCC(=O)O)c2ccc(S(=O)(=O)[O-])cc2C1(C)C)C=C(c1ccccc1)O3. The second-order valence-corrected chi connectivity index (χ2v) is 15.9. The average molecular weight is 707 g/mol. The number of unbranched alkanes of at least 4 members (excludes halogenated alkanes) is 2. The number of carboxylic acid groups (broad SMARTS) is 1. The first kappa shape index (κ1) is 36.1. The highest BCUT2D eigenvalue weighted by Gasteiger charge is 2.44. The van der Waals surface area contributed by atoms with Crippen molar-refractivity contribution in [2.75, 3.05) is 18.0 Å². The van der Waals surface area contributed by atoms with Gasteiger partial charge in [-0.15, -0.1) is 0 Å². The molecule has 3 aliphatic heterocycles. The lowest BCUT2D eigenvalue weighted by Crippen LogP contribution is -2.44. The van der Waals surface area contributed by atoms with Crippen LogP contribution in [0.25, 0.3) is 16.9 Å². The monoisotopic (exact) mass is 706 g/mol. The summed E-state index contributed by atoms with van der Waals surface area (Å²) < 4.78 is 44.8. The van der Waals surface area contributed by atoms with E-state index in [-0.39, 0.29) is 16.9 Å². The van der Waals surface area contributed by atoms with Gasteiger partial charge in [0.15, 0.2) is 5.71 Å². The van der Waals surface area contributed by atoms with Gasteiger partial charge in [0.1, 0.15) is 28.2 Å². The molecule has 0 unspecified atom stereocenters. The molecule has 0 spiro atoms. The summed E-state index contributed by atoms with van der Waals surface area (Å²) in [5, 5.41) is 9.10. The Bertz CT molecular complexity index is 2150. The number of carbonyl (C=O) groups is 1. The third-order valence-corrected chi connectivity index (χ3v) is 11.1. The maximum absolute atomic E-state index is 12.0. The molecule has 3 heterocycles. The summed E-state index contributed by atoms with van der Waals surface area (Å²) in [4.78, 5) is 13.2. The summed E-state index contributed by atoms with van der Waals surface area (Å²) in [6, 6.07) is 19.0. The van der Waals surface area contributed by atoms with Gasteiger partial charge in [0.2, 0.25) is 5.69 Å². The Kier molecular flexibility index (Phi) is 9.74. The van der Waals surface area contributed by atoms with E-state index in [1.54, 1.807) is 6.07 Å². The molecule has 0 aromatic heterocycles. The van der Waals surface area contributed by atoms with Crippen molar-refractivity contribution >= 4 is 50.1 Å². The van der Waals surface area contributed by atoms with Crippen molar-refractivity contribution in [3.05, 3.63) is 113 Å². The van der Waals surface area contributed by atoms with Gasteiger partial charge in [-0.05, 0) is 89.8 Å². The van der Waals surface area contributed by atoms with Crippen molar-refractivity contribution in [3.63, 3.8) is 0 Å². The van der Waals surface area contributed by atoms with Crippen molar-refractivity contribution in [1.29, 1.82) is 0 Å². The number of nitrogens with zero attached hydrogens (tertiary/aromatic N) is 2. The number of likely N-dealkylation sites (N-methyl/N-ethyl adjacent to an activating group) is 1. The minimum atomic E-state index is -4.64. The zero-order valence-corrected chi connectivity index (χ0v) is 31.0. The second kappa shape index (κ2) is 13.8. The van der Waals surface area contributed by atoms with Crippen LogP contribution in [0.3, 0.4) is 0 Å². The van der Waals surface area contributed by atoms with Crippen LogP contribution in [0.4, 0.5) is 11.4 Å². The molecule has 3 aliphatic rings. The molecule has 0 saturated carbocycles. The Hall–Kier alpha value is -4.73. The van der Waals surface area contributed by atoms with Gasteiger partial charge in [0.05, 0.1) is 15.8 Å². The molecule has 0 saturated heterocycles. The van der Waals surface area contributed by atoms with Crippen LogP contribution in [0.2, 0.25) is 0 Å². The van der Waals surface area contributed by atoms with Crippen LogP contribution < -0.4 is 9.64 Å². The molecule has 0 radical (unpaired) electrons. The van der Waals surface area contributed by atoms with Crippen molar-refractivity contribution in [3.8, 4) is 5.75 Å². The predicted octanol–water partition coefficient (Wildman–Crippen LogP) is 8.71. The Morgan fingerprint density at radius 2 is 1.75 bits per heavy atom. The molecule has 51 heavy (non-hydrogen) atoms. The average Bonchev–Trinajstić information content (AvgIpc) is 3.28. The number of anilines is 1. The zero-order chi connectivity index (χ0) is 36.7. The summed E-state index contributed by atoms with van der Waals surface area (Å²) in [6.07, 6.45) is 12.7. The summed E-state index contributed by atoms with van der Waals surface area (Å²) in [7, 11) is -4.64. The third kappa shape index (κ3) is 7.10. The summed E-state index contributed by atoms with van der Waals surface area (Å²) >= 11 is 0. The summed E-state index contributed by atoms with van der Waals surface area (Å²) in [5.74, 6) is 0.729. The minimum absolute atomic E-state index is 0.118. The lowest BCUT2D eigenvalue weighted by Gasteiger charge is -2.43. The van der Waals surface area contributed by atoms with Gasteiger partial charge in [-0.25, -0.2) is 8.42 Å². The molecule has 266 valence electrons. The normalized spacial score (nSPS) is 18.3. The van der Waals surface area contributed by atoms with Gasteiger partial charge >= 0.3 is 5.97 Å². The van der Waals surface area contributed by atoms with E-state index in [4.69, 9.17) is 9.84 Å². The topological polar surface area (TPSA) is 110 Å². The van der Waals surface area contributed by atoms with E-state index in [9.17, 15) is 17.8 Å². The van der Waals surface area contributed by atoms with Crippen molar-refractivity contribution in [2.24, 2.45) is 0 Å². The molecule has 3 aromatic carbocycles. The van der Waals surface area contributed by atoms with E-state index < -0.39 is 21.5 Å². The molecular formula is C42H46N2O6S. The second-order valence-electron chi connectivity index (χ2n) is 14.5. The number of carboxylic acids is 1. The molecule has 3 aromatic rings. The van der Waals surface area contributed by atoms with E-state index in [0.717, 1.165) is 70.2 Å². The molecule has 0 bridgehead atoms. The maximum atomic E-state index is 12.0. The third-order valence-electron chi connectivity index (χ3n) is 10.2. The molecular weight excluding hydrogens is 661 g/mol. The molecule has 0 fully saturated rings. The van der Waals surface area contributed by atoms with Crippen LogP contribution in [0.5, 0.6) is 5.75 Å². The van der Waals surface area contributed by atoms with Crippen molar-refractivity contribution < 1.29 is 32.2 Å². The van der Waals surface area contributed by atoms with Gasteiger partial charge in [-0.2, -0.15) is 4.58 Å². The molecule has 9 heteroatoms. The Balaban J connectivity index is 1.44. The number of allylic oxidation sites excluding steroid dienone is 6. The standard InChI is InChI=1S/C42H46N2O6S/c1-7-44-36-26-38-33(25-32(36)28(2)27-41(44,3)4)30(23-37(50-38)29-15-10-8-11-16-29)17-14-18-39-42(5,6)34-24-31(51(47,48)49)20-21-35(34)43(39)22-13-9-12-19-40(45)46/h8,10-11,14-18,20-21,23-27H,7,9,12-13,19,22H2,1-6H3,(H-,45,46,47,48,49). The molecule has 6 rings (SSSR count). The van der Waals surface area contributed by atoms with Gasteiger partial charge in [-0.3, -0.25) is 4.79 Å². The van der Waals surface area contributed by atoms with Crippen LogP contribution in [0.15, 0.2) is 95.9 Å². The van der Waals surface area contributed by atoms with Gasteiger partial charge in [-0.1, -0.05) is 48.6 Å². The largest absolute Gasteiger partial charge is 0.744 e. The fourth-order valence-electron chi connectivity index (χ4n) is 7.76. The lowest BCUT2D eigenvalue weighted by atomic mass is 9.81. The first-order chi connectivity index (χ1) is 24.1. The lowest BCUT2D eigenvalue weighted by molar-refractivity contribution is -0.438. The van der Waals surface area contributed by atoms with Gasteiger partial charge < -0.3 is 19.3 Å². The van der Waals surface area contributed by atoms with Crippen LogP contribution in [0, 0.1) is 0 Å². The van der Waals surface area contributed by atoms with E-state index in [1.165, 1.54) is 23.3 Å². The van der Waals surface area contributed by atoms with E-state index in [1.807, 2.05) is 50.3 Å². The predicted molar refractivity (Wildman–Crippen MR) is 203 cm³/mol. The maximum Gasteiger partial charge on any atom is 0.303 e. The minimum Gasteiger partial charge on any atom is -0.744 e. The number of hydrogen-bond acceptors (Lipinski definition) is 6. The van der Waals surface area contributed by atoms with Crippen LogP contribution in [-0.2, 0) is 20.3 Å². The molecule has 0 amide bonds. The number of rotatable bonds is 11. The summed E-state index contributed by atoms with van der Waals surface area (Å²) in [5.41, 5.74) is 8.29. The molecule has 8 nitrogen and oxygen atoms in total. The van der Waals surface area contributed by atoms with E-state index in [0.29, 0.717) is 13.0 Å². The number of aliphatic carboxylic acids is 1. The molecule has 1 N–H and O–H groups in total. The Morgan fingerprint density at radius 3 is 2.43 bits per heavy atom. The smallest absolute Gasteiger partial charge is 0.303 e. The highest BCUT2D eigenvalue weighted by molar-refractivity contribution is 7.85. The van der Waals surface area contributed by atoms with Crippen LogP contribution >= 0.6 is 0 Å². The van der Waals surface area contributed by atoms with E-state index in [2.05, 4.69) is 73.6 Å². The first-order valence-electron chi connectivity index (χ1n) is 17.6. The fraction of sp³-hybridized carbons (Fsp3) is 0.333. The Labute approximate surface area is 301 Å². The Morgan fingerprint density at radius 1 is 1.00 bits per heavy atom. The van der Waals surface area contributed by atoms with Crippen LogP contribution in [0.1, 0.15) is 89.5 Å². The number of benzene rings is 3. The first-order valence-corrected chi connectivity index (χ1v) is 19.0. The fourth-order valence-corrected chi connectivity index (χ4v) is 8.26. The number of ether oxygens (including phenoxy) is 1. The quantitative estimate of drug-likeness (QED) is 0.121. The van der Waals surface area contributed by atoms with Crippen LogP contribution in [-0.4, -0.2) is 53.0 Å².